The molecule has 0 aromatic heterocycles. The number of carbonyl (C=O) groups excluding carboxylic acids is 1. The summed E-state index contributed by atoms with van der Waals surface area (Å²) in [5, 5.41) is 3.33. The summed E-state index contributed by atoms with van der Waals surface area (Å²) in [5.41, 5.74) is 2.74. The van der Waals surface area contributed by atoms with Gasteiger partial charge in [-0.25, -0.2) is 4.39 Å². The molecule has 0 spiro atoms. The average molecular weight is 440 g/mol. The molecule has 1 atom stereocenters. The monoisotopic (exact) mass is 439 g/mol. The van der Waals surface area contributed by atoms with Gasteiger partial charge in [0.05, 0.1) is 6.04 Å². The van der Waals surface area contributed by atoms with E-state index in [1.165, 1.54) is 30.5 Å². The third-order valence-corrected chi connectivity index (χ3v) is 5.52. The molecule has 158 valence electrons. The molecule has 4 rings (SSSR count). The number of rotatable bonds is 4. The summed E-state index contributed by atoms with van der Waals surface area (Å²) in [6, 6.07) is 14.4. The highest BCUT2D eigenvalue weighted by Gasteiger charge is 2.29. The van der Waals surface area contributed by atoms with Gasteiger partial charge in [-0.15, -0.1) is 24.8 Å². The number of amides is 1. The van der Waals surface area contributed by atoms with Gasteiger partial charge in [-0.3, -0.25) is 9.69 Å². The maximum absolute atomic E-state index is 13.7. The zero-order valence-electron chi connectivity index (χ0n) is 16.4. The van der Waals surface area contributed by atoms with E-state index in [0.29, 0.717) is 13.1 Å². The van der Waals surface area contributed by atoms with Gasteiger partial charge in [0.2, 0.25) is 0 Å². The molecule has 1 unspecified atom stereocenters. The Hall–Kier alpha value is -1.66. The normalized spacial score (nSPS) is 19.3. The molecule has 0 saturated carbocycles. The summed E-state index contributed by atoms with van der Waals surface area (Å²) in [5.74, 6) is -0.243. The van der Waals surface area contributed by atoms with Crippen molar-refractivity contribution in [2.75, 3.05) is 32.7 Å². The molecule has 0 aliphatic carbocycles. The zero-order chi connectivity index (χ0) is 18.6. The van der Waals surface area contributed by atoms with E-state index in [1.807, 2.05) is 29.2 Å². The molecule has 2 aliphatic heterocycles. The number of halogens is 3. The van der Waals surface area contributed by atoms with E-state index in [2.05, 4.69) is 16.3 Å². The minimum absolute atomic E-state index is 0. The Bertz CT molecular complexity index is 814. The first-order valence-electron chi connectivity index (χ1n) is 9.79. The number of nitrogens with one attached hydrogen (secondary N) is 1. The first kappa shape index (κ1) is 23.6. The molecule has 0 bridgehead atoms. The Morgan fingerprint density at radius 3 is 2.55 bits per heavy atom. The van der Waals surface area contributed by atoms with Crippen LogP contribution in [0, 0.1) is 5.82 Å². The first-order valence-corrected chi connectivity index (χ1v) is 9.79. The van der Waals surface area contributed by atoms with Gasteiger partial charge in [0.15, 0.2) is 0 Å². The molecule has 4 nitrogen and oxygen atoms in total. The van der Waals surface area contributed by atoms with Gasteiger partial charge in [0.1, 0.15) is 5.82 Å². The molecule has 2 aromatic carbocycles. The van der Waals surface area contributed by atoms with E-state index in [9.17, 15) is 9.18 Å². The van der Waals surface area contributed by atoms with Crippen LogP contribution in [0.2, 0.25) is 0 Å². The Morgan fingerprint density at radius 2 is 1.79 bits per heavy atom. The Kier molecular flexibility index (Phi) is 8.90. The second kappa shape index (κ2) is 10.9. The van der Waals surface area contributed by atoms with E-state index in [-0.39, 0.29) is 42.6 Å². The summed E-state index contributed by atoms with van der Waals surface area (Å²) in [6.07, 6.45) is 2.52. The van der Waals surface area contributed by atoms with Crippen molar-refractivity contribution in [1.82, 2.24) is 15.1 Å². The molecule has 7 heteroatoms. The highest BCUT2D eigenvalue weighted by Crippen LogP contribution is 2.25. The minimum Gasteiger partial charge on any atom is -0.329 e. The first-order chi connectivity index (χ1) is 13.2. The number of hydrogen-bond acceptors (Lipinski definition) is 3. The molecule has 0 radical (unpaired) electrons. The van der Waals surface area contributed by atoms with Crippen molar-refractivity contribution in [2.45, 2.75) is 25.4 Å². The van der Waals surface area contributed by atoms with E-state index < -0.39 is 0 Å². The lowest BCUT2D eigenvalue weighted by molar-refractivity contribution is 0.0633. The van der Waals surface area contributed by atoms with Crippen LogP contribution in [0.3, 0.4) is 0 Å². The topological polar surface area (TPSA) is 35.6 Å². The van der Waals surface area contributed by atoms with Crippen LogP contribution < -0.4 is 5.32 Å². The van der Waals surface area contributed by atoms with Gasteiger partial charge >= 0.3 is 0 Å². The third kappa shape index (κ3) is 5.70. The highest BCUT2D eigenvalue weighted by atomic mass is 35.5. The molecular weight excluding hydrogens is 412 g/mol. The van der Waals surface area contributed by atoms with Crippen LogP contribution in [-0.2, 0) is 6.54 Å². The largest absolute Gasteiger partial charge is 0.329 e. The maximum atomic E-state index is 13.7. The van der Waals surface area contributed by atoms with Crippen LogP contribution in [0.4, 0.5) is 4.39 Å². The lowest BCUT2D eigenvalue weighted by Crippen LogP contribution is -2.48. The summed E-state index contributed by atoms with van der Waals surface area (Å²) >= 11 is 0. The lowest BCUT2D eigenvalue weighted by atomic mass is 10.0. The maximum Gasteiger partial charge on any atom is 0.254 e. The molecule has 29 heavy (non-hydrogen) atoms. The summed E-state index contributed by atoms with van der Waals surface area (Å²) in [6.45, 7) is 5.19. The van der Waals surface area contributed by atoms with Crippen LogP contribution >= 0.6 is 24.8 Å². The van der Waals surface area contributed by atoms with Crippen LogP contribution in [-0.4, -0.2) is 48.4 Å². The Morgan fingerprint density at radius 1 is 1.03 bits per heavy atom. The van der Waals surface area contributed by atoms with Gasteiger partial charge < -0.3 is 10.2 Å². The average Bonchev–Trinajstić information content (AvgIpc) is 3.21. The molecule has 2 heterocycles. The predicted molar refractivity (Wildman–Crippen MR) is 118 cm³/mol. The number of benzene rings is 2. The Balaban J connectivity index is 0.00000150. The highest BCUT2D eigenvalue weighted by molar-refractivity contribution is 5.94. The van der Waals surface area contributed by atoms with Crippen molar-refractivity contribution in [3.8, 4) is 0 Å². The fraction of sp³-hybridized carbons (Fsp3) is 0.409. The molecule has 1 amide bonds. The van der Waals surface area contributed by atoms with Crippen molar-refractivity contribution in [3.05, 3.63) is 71.0 Å². The SMILES string of the molecule is Cl.Cl.O=C(c1cccc(CN2CCCC2)c1)N1CCNCC1c1cccc(F)c1. The standard InChI is InChI=1S/C22H26FN3O.2ClH/c23-20-8-4-6-18(14-20)21-15-24-9-12-26(21)22(27)19-7-3-5-17(13-19)16-25-10-1-2-11-25;;/h3-8,13-14,21,24H,1-2,9-12,15-16H2;2*1H. The molecule has 2 saturated heterocycles. The van der Waals surface area contributed by atoms with Gasteiger partial charge in [0, 0.05) is 31.7 Å². The second-order valence-electron chi connectivity index (χ2n) is 7.46. The summed E-state index contributed by atoms with van der Waals surface area (Å²) < 4.78 is 13.7. The number of hydrogen-bond donors (Lipinski definition) is 1. The fourth-order valence-electron chi connectivity index (χ4n) is 4.13. The quantitative estimate of drug-likeness (QED) is 0.779. The van der Waals surface area contributed by atoms with Gasteiger partial charge in [-0.1, -0.05) is 24.3 Å². The third-order valence-electron chi connectivity index (χ3n) is 5.52. The van der Waals surface area contributed by atoms with E-state index in [4.69, 9.17) is 0 Å². The number of carbonyl (C=O) groups is 1. The molecular formula is C22H28Cl2FN3O. The summed E-state index contributed by atoms with van der Waals surface area (Å²) in [7, 11) is 0. The van der Waals surface area contributed by atoms with E-state index in [1.54, 1.807) is 6.07 Å². The molecule has 1 N–H and O–H groups in total. The smallest absolute Gasteiger partial charge is 0.254 e. The van der Waals surface area contributed by atoms with E-state index >= 15 is 0 Å². The van der Waals surface area contributed by atoms with E-state index in [0.717, 1.165) is 37.3 Å². The zero-order valence-corrected chi connectivity index (χ0v) is 18.0. The number of nitrogens with zero attached hydrogens (tertiary/aromatic N) is 2. The van der Waals surface area contributed by atoms with Crippen LogP contribution in [0.5, 0.6) is 0 Å². The predicted octanol–water partition coefficient (Wildman–Crippen LogP) is 4.05. The van der Waals surface area contributed by atoms with Crippen molar-refractivity contribution in [1.29, 1.82) is 0 Å². The van der Waals surface area contributed by atoms with Crippen molar-refractivity contribution >= 4 is 30.7 Å². The van der Waals surface area contributed by atoms with Gasteiger partial charge in [0.25, 0.3) is 5.91 Å². The van der Waals surface area contributed by atoms with Crippen LogP contribution in [0.25, 0.3) is 0 Å². The summed E-state index contributed by atoms with van der Waals surface area (Å²) in [4.78, 5) is 17.6. The van der Waals surface area contributed by atoms with Crippen molar-refractivity contribution in [3.63, 3.8) is 0 Å². The molecule has 2 aromatic rings. The Labute approximate surface area is 184 Å². The second-order valence-corrected chi connectivity index (χ2v) is 7.46. The van der Waals surface area contributed by atoms with Gasteiger partial charge in [-0.2, -0.15) is 0 Å². The fourth-order valence-corrected chi connectivity index (χ4v) is 4.13. The van der Waals surface area contributed by atoms with Crippen molar-refractivity contribution < 1.29 is 9.18 Å². The lowest BCUT2D eigenvalue weighted by Gasteiger charge is -2.36. The minimum atomic E-state index is -0.266. The van der Waals surface area contributed by atoms with Crippen LogP contribution in [0.15, 0.2) is 48.5 Å². The van der Waals surface area contributed by atoms with Crippen molar-refractivity contribution in [2.24, 2.45) is 0 Å². The van der Waals surface area contributed by atoms with Gasteiger partial charge in [-0.05, 0) is 61.3 Å². The number of piperazine rings is 1. The number of likely N-dealkylation sites (tertiary alicyclic amines) is 1. The van der Waals surface area contributed by atoms with Crippen LogP contribution in [0.1, 0.15) is 40.4 Å². The molecule has 2 fully saturated rings. The molecule has 2 aliphatic rings.